The van der Waals surface area contributed by atoms with Crippen molar-refractivity contribution < 1.29 is 8.42 Å². The van der Waals surface area contributed by atoms with Gasteiger partial charge >= 0.3 is 0 Å². The molecule has 1 aliphatic heterocycles. The summed E-state index contributed by atoms with van der Waals surface area (Å²) < 4.78 is 27.7. The summed E-state index contributed by atoms with van der Waals surface area (Å²) in [7, 11) is -1.71. The number of nitrogens with one attached hydrogen (secondary N) is 1. The zero-order valence-corrected chi connectivity index (χ0v) is 14.1. The predicted molar refractivity (Wildman–Crippen MR) is 85.2 cm³/mol. The molecule has 1 aromatic carbocycles. The molecule has 0 amide bonds. The number of nitrogens with zero attached hydrogens (tertiary/aromatic N) is 1. The van der Waals surface area contributed by atoms with Gasteiger partial charge in [-0.1, -0.05) is 23.2 Å². The highest BCUT2D eigenvalue weighted by molar-refractivity contribution is 7.89. The average Bonchev–Trinajstić information content (AvgIpc) is 2.37. The van der Waals surface area contributed by atoms with Gasteiger partial charge in [0.25, 0.3) is 0 Å². The Labute approximate surface area is 135 Å². The maximum Gasteiger partial charge on any atom is 0.242 e. The average molecular weight is 352 g/mol. The van der Waals surface area contributed by atoms with E-state index in [2.05, 4.69) is 9.62 Å². The van der Waals surface area contributed by atoms with Gasteiger partial charge < -0.3 is 10.6 Å². The summed E-state index contributed by atoms with van der Waals surface area (Å²) in [4.78, 5) is 2.13. The van der Waals surface area contributed by atoms with Crippen molar-refractivity contribution in [2.75, 3.05) is 20.1 Å². The zero-order valence-electron chi connectivity index (χ0n) is 11.8. The summed E-state index contributed by atoms with van der Waals surface area (Å²) in [6.07, 6.45) is 1.78. The Morgan fingerprint density at radius 1 is 1.38 bits per heavy atom. The van der Waals surface area contributed by atoms with Gasteiger partial charge in [0.1, 0.15) is 4.90 Å². The molecular formula is C13H19Cl2N3O2S. The number of benzene rings is 1. The lowest BCUT2D eigenvalue weighted by Gasteiger charge is -2.30. The number of likely N-dealkylation sites (tertiary alicyclic amines) is 1. The largest absolute Gasteiger partial charge is 0.326 e. The lowest BCUT2D eigenvalue weighted by atomic mass is 10.1. The van der Waals surface area contributed by atoms with Crippen LogP contribution in [0.15, 0.2) is 17.0 Å². The van der Waals surface area contributed by atoms with Crippen LogP contribution in [-0.2, 0) is 16.6 Å². The molecule has 0 radical (unpaired) electrons. The maximum absolute atomic E-state index is 12.5. The van der Waals surface area contributed by atoms with Crippen molar-refractivity contribution in [3.8, 4) is 0 Å². The summed E-state index contributed by atoms with van der Waals surface area (Å²) in [6, 6.07) is 2.76. The summed E-state index contributed by atoms with van der Waals surface area (Å²) in [5, 5.41) is 0.479. The van der Waals surface area contributed by atoms with Crippen LogP contribution < -0.4 is 10.5 Å². The second kappa shape index (κ2) is 6.81. The highest BCUT2D eigenvalue weighted by Crippen LogP contribution is 2.29. The third kappa shape index (κ3) is 4.09. The van der Waals surface area contributed by atoms with Crippen LogP contribution in [0.25, 0.3) is 0 Å². The molecule has 118 valence electrons. The second-order valence-electron chi connectivity index (χ2n) is 5.30. The predicted octanol–water partition coefficient (Wildman–Crippen LogP) is 1.82. The molecule has 1 unspecified atom stereocenters. The molecule has 1 saturated heterocycles. The van der Waals surface area contributed by atoms with Crippen molar-refractivity contribution in [3.05, 3.63) is 27.7 Å². The van der Waals surface area contributed by atoms with E-state index in [-0.39, 0.29) is 22.5 Å². The molecular weight excluding hydrogens is 333 g/mol. The molecule has 1 aliphatic rings. The Kier molecular flexibility index (Phi) is 5.51. The van der Waals surface area contributed by atoms with Crippen molar-refractivity contribution in [3.63, 3.8) is 0 Å². The van der Waals surface area contributed by atoms with Gasteiger partial charge in [0.15, 0.2) is 0 Å². The smallest absolute Gasteiger partial charge is 0.242 e. The number of sulfonamides is 1. The van der Waals surface area contributed by atoms with Crippen molar-refractivity contribution in [1.82, 2.24) is 9.62 Å². The lowest BCUT2D eigenvalue weighted by molar-refractivity contribution is 0.242. The molecule has 1 fully saturated rings. The van der Waals surface area contributed by atoms with Crippen LogP contribution in [0.5, 0.6) is 0 Å². The normalized spacial score (nSPS) is 20.7. The second-order valence-corrected chi connectivity index (χ2v) is 7.80. The van der Waals surface area contributed by atoms with Crippen LogP contribution in [0, 0.1) is 0 Å². The monoisotopic (exact) mass is 351 g/mol. The fraction of sp³-hybridized carbons (Fsp3) is 0.538. The van der Waals surface area contributed by atoms with Gasteiger partial charge in [0, 0.05) is 24.2 Å². The molecule has 2 rings (SSSR count). The molecule has 1 atom stereocenters. The van der Waals surface area contributed by atoms with Crippen molar-refractivity contribution in [2.24, 2.45) is 5.73 Å². The van der Waals surface area contributed by atoms with Gasteiger partial charge in [0.05, 0.1) is 5.02 Å². The molecule has 1 heterocycles. The quantitative estimate of drug-likeness (QED) is 0.867. The number of hydrogen-bond donors (Lipinski definition) is 2. The van der Waals surface area contributed by atoms with E-state index in [9.17, 15) is 8.42 Å². The van der Waals surface area contributed by atoms with Crippen molar-refractivity contribution in [2.45, 2.75) is 30.3 Å². The van der Waals surface area contributed by atoms with Crippen LogP contribution in [0.2, 0.25) is 10.0 Å². The van der Waals surface area contributed by atoms with E-state index >= 15 is 0 Å². The van der Waals surface area contributed by atoms with Gasteiger partial charge in [-0.3, -0.25) is 0 Å². The minimum absolute atomic E-state index is 0.0299. The third-order valence-corrected chi connectivity index (χ3v) is 5.89. The van der Waals surface area contributed by atoms with Crippen LogP contribution in [0.1, 0.15) is 18.4 Å². The van der Waals surface area contributed by atoms with Crippen LogP contribution in [0.4, 0.5) is 0 Å². The minimum Gasteiger partial charge on any atom is -0.326 e. The van der Waals surface area contributed by atoms with Crippen LogP contribution in [0.3, 0.4) is 0 Å². The van der Waals surface area contributed by atoms with Gasteiger partial charge in [-0.15, -0.1) is 0 Å². The highest BCUT2D eigenvalue weighted by Gasteiger charge is 2.26. The Hall–Kier alpha value is -0.370. The summed E-state index contributed by atoms with van der Waals surface area (Å²) >= 11 is 12.0. The SMILES string of the molecule is CN1CCCC(NS(=O)(=O)c2cc(CN)c(Cl)cc2Cl)C1. The first kappa shape index (κ1) is 17.0. The number of halogens is 2. The Bertz CT molecular complexity index is 622. The fourth-order valence-electron chi connectivity index (χ4n) is 2.48. The molecule has 0 aliphatic carbocycles. The molecule has 1 aromatic rings. The number of rotatable bonds is 4. The lowest BCUT2D eigenvalue weighted by Crippen LogP contribution is -2.46. The molecule has 21 heavy (non-hydrogen) atoms. The van der Waals surface area contributed by atoms with Gasteiger partial charge in [-0.05, 0) is 44.1 Å². The molecule has 0 spiro atoms. The summed E-state index contributed by atoms with van der Waals surface area (Å²) in [5.74, 6) is 0. The van der Waals surface area contributed by atoms with E-state index < -0.39 is 10.0 Å². The number of likely N-dealkylation sites (N-methyl/N-ethyl adjacent to an activating group) is 1. The maximum atomic E-state index is 12.5. The minimum atomic E-state index is -3.69. The van der Waals surface area contributed by atoms with Crippen LogP contribution in [-0.4, -0.2) is 39.5 Å². The molecule has 0 saturated carbocycles. The zero-order chi connectivity index (χ0) is 15.6. The first-order valence-electron chi connectivity index (χ1n) is 6.72. The summed E-state index contributed by atoms with van der Waals surface area (Å²) in [5.41, 5.74) is 6.12. The molecule has 0 aromatic heterocycles. The fourth-order valence-corrected chi connectivity index (χ4v) is 4.62. The Balaban J connectivity index is 2.27. The van der Waals surface area contributed by atoms with E-state index in [1.54, 1.807) is 0 Å². The number of piperidine rings is 1. The first-order chi connectivity index (χ1) is 9.83. The van der Waals surface area contributed by atoms with E-state index in [1.807, 2.05) is 7.05 Å². The Morgan fingerprint density at radius 3 is 2.71 bits per heavy atom. The Morgan fingerprint density at radius 2 is 2.10 bits per heavy atom. The number of nitrogens with two attached hydrogens (primary N) is 1. The standard InChI is InChI=1S/C13H19Cl2N3O2S/c1-18-4-2-3-10(8-18)17-21(19,20)13-5-9(7-16)11(14)6-12(13)15/h5-6,10,17H,2-4,7-8,16H2,1H3. The first-order valence-corrected chi connectivity index (χ1v) is 8.96. The van der Waals surface area contributed by atoms with Crippen LogP contribution >= 0.6 is 23.2 Å². The van der Waals surface area contributed by atoms with E-state index in [4.69, 9.17) is 28.9 Å². The van der Waals surface area contributed by atoms with Crippen molar-refractivity contribution in [1.29, 1.82) is 0 Å². The van der Waals surface area contributed by atoms with E-state index in [0.29, 0.717) is 17.1 Å². The molecule has 5 nitrogen and oxygen atoms in total. The van der Waals surface area contributed by atoms with E-state index in [0.717, 1.165) is 19.4 Å². The van der Waals surface area contributed by atoms with E-state index in [1.165, 1.54) is 12.1 Å². The van der Waals surface area contributed by atoms with Gasteiger partial charge in [0.2, 0.25) is 10.0 Å². The van der Waals surface area contributed by atoms with Gasteiger partial charge in [-0.25, -0.2) is 13.1 Å². The van der Waals surface area contributed by atoms with Crippen molar-refractivity contribution >= 4 is 33.2 Å². The third-order valence-electron chi connectivity index (χ3n) is 3.56. The molecule has 0 bridgehead atoms. The molecule has 8 heteroatoms. The van der Waals surface area contributed by atoms with Gasteiger partial charge in [-0.2, -0.15) is 0 Å². The molecule has 3 N–H and O–H groups in total. The highest BCUT2D eigenvalue weighted by atomic mass is 35.5. The summed E-state index contributed by atoms with van der Waals surface area (Å²) in [6.45, 7) is 1.83. The topological polar surface area (TPSA) is 75.4 Å². The number of hydrogen-bond acceptors (Lipinski definition) is 4.